The Morgan fingerprint density at radius 1 is 1.50 bits per heavy atom. The van der Waals surface area contributed by atoms with E-state index in [4.69, 9.17) is 5.73 Å². The number of nitrogen functional groups attached to an aromatic ring is 1. The molecule has 0 fully saturated rings. The zero-order chi connectivity index (χ0) is 7.84. The van der Waals surface area contributed by atoms with Crippen LogP contribution in [0.5, 0.6) is 0 Å². The zero-order valence-electron chi connectivity index (χ0n) is 6.47. The van der Waals surface area contributed by atoms with Gasteiger partial charge in [-0.1, -0.05) is 6.07 Å². The highest BCUT2D eigenvalue weighted by Crippen LogP contribution is 2.18. The van der Waals surface area contributed by atoms with Crippen molar-refractivity contribution in [2.24, 2.45) is 0 Å². The Morgan fingerprint density at radius 3 is 2.92 bits per heavy atom. The van der Waals surface area contributed by atoms with Crippen molar-refractivity contribution in [2.75, 3.05) is 5.73 Å². The van der Waals surface area contributed by atoms with Gasteiger partial charge >= 0.3 is 0 Å². The third-order valence-electron chi connectivity index (χ3n) is 1.70. The van der Waals surface area contributed by atoms with Crippen LogP contribution in [0.25, 0.3) is 11.0 Å². The van der Waals surface area contributed by atoms with Gasteiger partial charge in [0, 0.05) is 9.94 Å². The third kappa shape index (κ3) is 1.23. The summed E-state index contributed by atoms with van der Waals surface area (Å²) >= 11 is 1.33. The first-order valence-corrected chi connectivity index (χ1v) is 4.08. The summed E-state index contributed by atoms with van der Waals surface area (Å²) in [6.07, 6.45) is 0. The van der Waals surface area contributed by atoms with E-state index in [0.717, 1.165) is 16.7 Å². The van der Waals surface area contributed by atoms with E-state index in [1.807, 2.05) is 19.1 Å². The quantitative estimate of drug-likeness (QED) is 0.502. The number of aromatic amines is 1. The maximum Gasteiger partial charge on any atom is 0.275 e. The van der Waals surface area contributed by atoms with Crippen molar-refractivity contribution in [1.29, 1.82) is 0 Å². The van der Waals surface area contributed by atoms with Crippen LogP contribution in [0.4, 0.5) is 5.69 Å². The highest BCUT2D eigenvalue weighted by molar-refractivity contribution is 6.95. The summed E-state index contributed by atoms with van der Waals surface area (Å²) in [5.74, 6) is 0. The molecule has 0 unspecified atom stereocenters. The summed E-state index contributed by atoms with van der Waals surface area (Å²) in [4.78, 5) is 0. The normalized spacial score (nSPS) is 9.75. The first kappa shape index (κ1) is 9.22. The summed E-state index contributed by atoms with van der Waals surface area (Å²) in [7, 11) is 0. The van der Waals surface area contributed by atoms with Crippen molar-refractivity contribution in [3.63, 3.8) is 0 Å². The molecule has 0 spiro atoms. The number of nitrogens with two attached hydrogens (primary N) is 1. The fraction of sp³-hybridized carbons (Fsp3) is 0.143. The molecule has 64 valence electrons. The number of hydrogen-bond donors (Lipinski definition) is 1. The van der Waals surface area contributed by atoms with Gasteiger partial charge in [0.15, 0.2) is 5.52 Å². The highest BCUT2D eigenvalue weighted by atomic mass is 35.5. The van der Waals surface area contributed by atoms with Gasteiger partial charge in [-0.25, -0.2) is 0 Å². The van der Waals surface area contributed by atoms with Gasteiger partial charge in [-0.2, -0.15) is 4.37 Å². The van der Waals surface area contributed by atoms with Crippen LogP contribution in [0.15, 0.2) is 12.1 Å². The molecule has 0 aliphatic carbocycles. The number of nitrogens with one attached hydrogen (secondary N) is 1. The SMILES string of the molecule is Cc1ccc(N)c2ns[nH+]c12.[Cl-]. The van der Waals surface area contributed by atoms with Crippen LogP contribution in [0.3, 0.4) is 0 Å². The molecule has 1 heterocycles. The van der Waals surface area contributed by atoms with E-state index in [-0.39, 0.29) is 12.4 Å². The molecule has 0 amide bonds. The Kier molecular flexibility index (Phi) is 2.49. The first-order valence-electron chi connectivity index (χ1n) is 3.31. The van der Waals surface area contributed by atoms with Crippen molar-refractivity contribution in [3.8, 4) is 0 Å². The van der Waals surface area contributed by atoms with Gasteiger partial charge in [-0.05, 0) is 13.0 Å². The van der Waals surface area contributed by atoms with Crippen LogP contribution in [0, 0.1) is 6.92 Å². The van der Waals surface area contributed by atoms with Crippen LogP contribution in [-0.2, 0) is 0 Å². The first-order chi connectivity index (χ1) is 5.29. The Labute approximate surface area is 80.3 Å². The van der Waals surface area contributed by atoms with Crippen LogP contribution in [-0.4, -0.2) is 4.37 Å². The van der Waals surface area contributed by atoms with E-state index in [2.05, 4.69) is 8.75 Å². The van der Waals surface area contributed by atoms with Crippen LogP contribution in [0.2, 0.25) is 0 Å². The fourth-order valence-electron chi connectivity index (χ4n) is 1.05. The minimum atomic E-state index is 0. The molecule has 2 aromatic rings. The molecule has 5 heteroatoms. The average molecular weight is 202 g/mol. The van der Waals surface area contributed by atoms with E-state index in [0.29, 0.717) is 0 Å². The topological polar surface area (TPSA) is 53.0 Å². The molecule has 0 bridgehead atoms. The molecule has 0 saturated carbocycles. The lowest BCUT2D eigenvalue weighted by molar-refractivity contribution is -0.255. The summed E-state index contributed by atoms with van der Waals surface area (Å²) in [5.41, 5.74) is 9.55. The number of anilines is 1. The maximum atomic E-state index is 5.69. The van der Waals surface area contributed by atoms with Crippen molar-refractivity contribution >= 4 is 28.4 Å². The number of nitrogens with zero attached hydrogens (tertiary/aromatic N) is 1. The highest BCUT2D eigenvalue weighted by Gasteiger charge is 2.11. The molecule has 1 aromatic carbocycles. The van der Waals surface area contributed by atoms with Crippen molar-refractivity contribution < 1.29 is 16.8 Å². The lowest BCUT2D eigenvalue weighted by atomic mass is 10.2. The second-order valence-corrected chi connectivity index (χ2v) is 3.05. The predicted molar refractivity (Wildman–Crippen MR) is 45.3 cm³/mol. The Morgan fingerprint density at radius 2 is 2.25 bits per heavy atom. The van der Waals surface area contributed by atoms with E-state index in [1.54, 1.807) is 0 Å². The molecular formula is C7H8ClN3S. The number of benzene rings is 1. The summed E-state index contributed by atoms with van der Waals surface area (Å²) in [5, 5.41) is 0. The minimum absolute atomic E-state index is 0. The Hall–Kier alpha value is -0.870. The Bertz CT molecular complexity index is 362. The van der Waals surface area contributed by atoms with Crippen molar-refractivity contribution in [2.45, 2.75) is 6.92 Å². The second-order valence-electron chi connectivity index (χ2n) is 2.48. The maximum absolute atomic E-state index is 5.69. The van der Waals surface area contributed by atoms with Crippen LogP contribution >= 0.6 is 11.7 Å². The summed E-state index contributed by atoms with van der Waals surface area (Å²) < 4.78 is 7.22. The van der Waals surface area contributed by atoms with E-state index < -0.39 is 0 Å². The summed E-state index contributed by atoms with van der Waals surface area (Å²) in [6, 6.07) is 3.87. The van der Waals surface area contributed by atoms with Gasteiger partial charge < -0.3 is 18.1 Å². The number of aromatic nitrogens is 2. The Balaban J connectivity index is 0.000000720. The summed E-state index contributed by atoms with van der Waals surface area (Å²) in [6.45, 7) is 2.03. The standard InChI is InChI=1S/C7H7N3S.ClH/c1-4-2-3-5(8)7-6(4)9-11-10-7;/h2-3H,8H2,1H3;1H. The van der Waals surface area contributed by atoms with E-state index in [9.17, 15) is 0 Å². The number of fused-ring (bicyclic) bond motifs is 1. The van der Waals surface area contributed by atoms with Gasteiger partial charge in [-0.3, -0.25) is 0 Å². The lowest BCUT2D eigenvalue weighted by Crippen LogP contribution is -3.00. The molecule has 12 heavy (non-hydrogen) atoms. The molecule has 2 rings (SSSR count). The van der Waals surface area contributed by atoms with Gasteiger partial charge in [0.25, 0.3) is 17.2 Å². The third-order valence-corrected chi connectivity index (χ3v) is 2.27. The van der Waals surface area contributed by atoms with Gasteiger partial charge in [0.2, 0.25) is 0 Å². The van der Waals surface area contributed by atoms with E-state index in [1.165, 1.54) is 17.3 Å². The fourth-order valence-corrected chi connectivity index (χ4v) is 1.73. The minimum Gasteiger partial charge on any atom is -1.00 e. The molecule has 0 radical (unpaired) electrons. The number of aryl methyl sites for hydroxylation is 1. The smallest absolute Gasteiger partial charge is 0.275 e. The van der Waals surface area contributed by atoms with Gasteiger partial charge in [0.05, 0.1) is 5.69 Å². The van der Waals surface area contributed by atoms with Crippen LogP contribution in [0.1, 0.15) is 5.56 Å². The van der Waals surface area contributed by atoms with Crippen molar-refractivity contribution in [3.05, 3.63) is 17.7 Å². The van der Waals surface area contributed by atoms with Gasteiger partial charge in [-0.15, -0.1) is 0 Å². The van der Waals surface area contributed by atoms with Crippen LogP contribution < -0.4 is 22.5 Å². The zero-order valence-corrected chi connectivity index (χ0v) is 8.04. The molecule has 0 aliphatic heterocycles. The lowest BCUT2D eigenvalue weighted by Gasteiger charge is -1.90. The molecule has 0 saturated heterocycles. The number of hydrogen-bond acceptors (Lipinski definition) is 3. The monoisotopic (exact) mass is 201 g/mol. The predicted octanol–water partition coefficient (Wildman–Crippen LogP) is -1.99. The molecule has 3 N–H and O–H groups in total. The molecular weight excluding hydrogens is 194 g/mol. The average Bonchev–Trinajstić information content (AvgIpc) is 2.45. The molecule has 3 nitrogen and oxygen atoms in total. The molecule has 0 aliphatic rings. The number of H-pyrrole nitrogens is 1. The van der Waals surface area contributed by atoms with Gasteiger partial charge in [0.1, 0.15) is 0 Å². The number of rotatable bonds is 0. The van der Waals surface area contributed by atoms with Crippen molar-refractivity contribution in [1.82, 2.24) is 4.37 Å². The van der Waals surface area contributed by atoms with E-state index >= 15 is 0 Å². The number of halogens is 1. The molecule has 0 atom stereocenters. The second kappa shape index (κ2) is 3.25. The molecule has 1 aromatic heterocycles. The largest absolute Gasteiger partial charge is 1.00 e.